The highest BCUT2D eigenvalue weighted by molar-refractivity contribution is 7.10. The van der Waals surface area contributed by atoms with Gasteiger partial charge in [-0.05, 0) is 31.7 Å². The fraction of sp³-hybridized carbons (Fsp3) is 0.462. The van der Waals surface area contributed by atoms with E-state index >= 15 is 0 Å². The van der Waals surface area contributed by atoms with Crippen LogP contribution in [-0.4, -0.2) is 27.3 Å². The number of aryl methyl sites for hydroxylation is 1. The van der Waals surface area contributed by atoms with Crippen LogP contribution in [0.15, 0.2) is 17.5 Å². The molecule has 2 rings (SSSR count). The first-order valence-corrected chi connectivity index (χ1v) is 7.19. The first kappa shape index (κ1) is 13.7. The molecular formula is C13H17N3O2S. The van der Waals surface area contributed by atoms with Gasteiger partial charge in [-0.25, -0.2) is 4.79 Å². The van der Waals surface area contributed by atoms with E-state index in [1.54, 1.807) is 18.3 Å². The van der Waals surface area contributed by atoms with E-state index in [4.69, 9.17) is 4.74 Å². The van der Waals surface area contributed by atoms with Gasteiger partial charge in [0.25, 0.3) is 0 Å². The number of carbonyl (C=O) groups is 1. The zero-order valence-electron chi connectivity index (χ0n) is 11.3. The van der Waals surface area contributed by atoms with E-state index < -0.39 is 5.97 Å². The number of ether oxygens (including phenoxy) is 1. The molecule has 19 heavy (non-hydrogen) atoms. The quantitative estimate of drug-likeness (QED) is 0.790. The van der Waals surface area contributed by atoms with Crippen LogP contribution in [0, 0.1) is 6.92 Å². The molecule has 2 aromatic rings. The Morgan fingerprint density at radius 1 is 1.47 bits per heavy atom. The normalized spacial score (nSPS) is 12.4. The standard InChI is InChI=1S/C13H17N3O2S/c1-4-10(11-7-6-8-19-11)16-9(3)14-15-12(16)13(17)18-5-2/h6-8,10H,4-5H2,1-3H3. The summed E-state index contributed by atoms with van der Waals surface area (Å²) in [6, 6.07) is 4.15. The third-order valence-corrected chi connectivity index (χ3v) is 3.87. The van der Waals surface area contributed by atoms with Crippen molar-refractivity contribution < 1.29 is 9.53 Å². The van der Waals surface area contributed by atoms with Gasteiger partial charge >= 0.3 is 5.97 Å². The lowest BCUT2D eigenvalue weighted by Gasteiger charge is -2.18. The summed E-state index contributed by atoms with van der Waals surface area (Å²) in [5, 5.41) is 10.0. The highest BCUT2D eigenvalue weighted by Gasteiger charge is 2.24. The highest BCUT2D eigenvalue weighted by Crippen LogP contribution is 2.28. The van der Waals surface area contributed by atoms with Crippen molar-refractivity contribution in [3.8, 4) is 0 Å². The molecule has 2 aromatic heterocycles. The van der Waals surface area contributed by atoms with Crippen LogP contribution >= 0.6 is 11.3 Å². The molecule has 5 nitrogen and oxygen atoms in total. The number of aromatic nitrogens is 3. The molecule has 0 aliphatic heterocycles. The van der Waals surface area contributed by atoms with E-state index in [1.807, 2.05) is 22.9 Å². The van der Waals surface area contributed by atoms with Crippen LogP contribution in [0.4, 0.5) is 0 Å². The predicted molar refractivity (Wildman–Crippen MR) is 73.5 cm³/mol. The lowest BCUT2D eigenvalue weighted by atomic mass is 10.2. The molecule has 0 spiro atoms. The number of carbonyl (C=O) groups excluding carboxylic acids is 1. The maximum atomic E-state index is 11.9. The van der Waals surface area contributed by atoms with E-state index in [9.17, 15) is 4.79 Å². The molecule has 102 valence electrons. The van der Waals surface area contributed by atoms with Gasteiger partial charge in [0.15, 0.2) is 0 Å². The number of hydrogen-bond donors (Lipinski definition) is 0. The van der Waals surface area contributed by atoms with Crippen molar-refractivity contribution in [2.24, 2.45) is 0 Å². The average molecular weight is 279 g/mol. The minimum Gasteiger partial charge on any atom is -0.460 e. The van der Waals surface area contributed by atoms with Gasteiger partial charge in [0.05, 0.1) is 12.6 Å². The van der Waals surface area contributed by atoms with Gasteiger partial charge < -0.3 is 4.74 Å². The van der Waals surface area contributed by atoms with Crippen molar-refractivity contribution in [1.82, 2.24) is 14.8 Å². The van der Waals surface area contributed by atoms with Gasteiger partial charge in [0.1, 0.15) is 5.82 Å². The Bertz CT molecular complexity index is 548. The Balaban J connectivity index is 2.42. The Hall–Kier alpha value is -1.69. The third kappa shape index (κ3) is 2.68. The highest BCUT2D eigenvalue weighted by atomic mass is 32.1. The molecule has 0 aromatic carbocycles. The molecule has 0 fully saturated rings. The number of esters is 1. The summed E-state index contributed by atoms with van der Waals surface area (Å²) in [5.74, 6) is 0.584. The second kappa shape index (κ2) is 5.97. The van der Waals surface area contributed by atoms with E-state index in [0.29, 0.717) is 6.61 Å². The van der Waals surface area contributed by atoms with E-state index in [0.717, 1.165) is 12.2 Å². The largest absolute Gasteiger partial charge is 0.460 e. The first-order chi connectivity index (χ1) is 9.19. The summed E-state index contributed by atoms with van der Waals surface area (Å²) in [4.78, 5) is 13.1. The maximum Gasteiger partial charge on any atom is 0.376 e. The molecular weight excluding hydrogens is 262 g/mol. The Morgan fingerprint density at radius 2 is 2.26 bits per heavy atom. The van der Waals surface area contributed by atoms with Gasteiger partial charge in [-0.2, -0.15) is 0 Å². The molecule has 0 aliphatic carbocycles. The van der Waals surface area contributed by atoms with Crippen molar-refractivity contribution >= 4 is 17.3 Å². The predicted octanol–water partition coefficient (Wildman–Crippen LogP) is 2.82. The van der Waals surface area contributed by atoms with E-state index in [2.05, 4.69) is 23.2 Å². The minimum atomic E-state index is -0.418. The monoisotopic (exact) mass is 279 g/mol. The Morgan fingerprint density at radius 3 is 2.84 bits per heavy atom. The van der Waals surface area contributed by atoms with Gasteiger partial charge in [-0.3, -0.25) is 4.57 Å². The number of thiophene rings is 1. The first-order valence-electron chi connectivity index (χ1n) is 6.31. The van der Waals surface area contributed by atoms with Gasteiger partial charge in [0.2, 0.25) is 5.82 Å². The van der Waals surface area contributed by atoms with Crippen molar-refractivity contribution in [2.75, 3.05) is 6.61 Å². The molecule has 0 radical (unpaired) electrons. The fourth-order valence-corrected chi connectivity index (χ4v) is 2.97. The fourth-order valence-electron chi connectivity index (χ4n) is 2.07. The number of nitrogens with zero attached hydrogens (tertiary/aromatic N) is 3. The van der Waals surface area contributed by atoms with Crippen LogP contribution in [0.5, 0.6) is 0 Å². The van der Waals surface area contributed by atoms with Crippen molar-refractivity contribution in [2.45, 2.75) is 33.2 Å². The maximum absolute atomic E-state index is 11.9. The summed E-state index contributed by atoms with van der Waals surface area (Å²) in [6.07, 6.45) is 0.867. The molecule has 1 atom stereocenters. The van der Waals surface area contributed by atoms with Crippen LogP contribution in [0.3, 0.4) is 0 Å². The Kier molecular flexibility index (Phi) is 4.31. The molecule has 6 heteroatoms. The Labute approximate surface area is 116 Å². The minimum absolute atomic E-state index is 0.0782. The number of rotatable bonds is 5. The summed E-state index contributed by atoms with van der Waals surface area (Å²) in [5.41, 5.74) is 0. The lowest BCUT2D eigenvalue weighted by Crippen LogP contribution is -2.19. The lowest BCUT2D eigenvalue weighted by molar-refractivity contribution is 0.0504. The molecule has 0 amide bonds. The molecule has 0 aliphatic rings. The van der Waals surface area contributed by atoms with Crippen LogP contribution in [0.1, 0.15) is 47.6 Å². The van der Waals surface area contributed by atoms with Gasteiger partial charge in [-0.1, -0.05) is 13.0 Å². The van der Waals surface area contributed by atoms with Crippen molar-refractivity contribution in [1.29, 1.82) is 0 Å². The third-order valence-electron chi connectivity index (χ3n) is 2.89. The summed E-state index contributed by atoms with van der Waals surface area (Å²) in [7, 11) is 0. The van der Waals surface area contributed by atoms with Crippen molar-refractivity contribution in [3.63, 3.8) is 0 Å². The SMILES string of the molecule is CCOC(=O)c1nnc(C)n1C(CC)c1cccs1. The van der Waals surface area contributed by atoms with Crippen LogP contribution in [0.2, 0.25) is 0 Å². The van der Waals surface area contributed by atoms with Gasteiger partial charge in [-0.15, -0.1) is 21.5 Å². The topological polar surface area (TPSA) is 57.0 Å². The number of hydrogen-bond acceptors (Lipinski definition) is 5. The zero-order valence-corrected chi connectivity index (χ0v) is 12.1. The second-order valence-corrected chi connectivity index (χ2v) is 5.08. The molecule has 0 saturated carbocycles. The summed E-state index contributed by atoms with van der Waals surface area (Å²) < 4.78 is 6.90. The van der Waals surface area contributed by atoms with E-state index in [-0.39, 0.29) is 11.9 Å². The van der Waals surface area contributed by atoms with Crippen molar-refractivity contribution in [3.05, 3.63) is 34.0 Å². The molecule has 0 bridgehead atoms. The summed E-state index contributed by atoms with van der Waals surface area (Å²) in [6.45, 7) is 6.05. The molecule has 2 heterocycles. The summed E-state index contributed by atoms with van der Waals surface area (Å²) >= 11 is 1.67. The molecule has 0 N–H and O–H groups in total. The van der Waals surface area contributed by atoms with Gasteiger partial charge in [0, 0.05) is 4.88 Å². The smallest absolute Gasteiger partial charge is 0.376 e. The second-order valence-electron chi connectivity index (χ2n) is 4.10. The molecule has 0 saturated heterocycles. The van der Waals surface area contributed by atoms with Crippen LogP contribution in [-0.2, 0) is 4.74 Å². The zero-order chi connectivity index (χ0) is 13.8. The molecule has 1 unspecified atom stereocenters. The average Bonchev–Trinajstić information content (AvgIpc) is 3.02. The van der Waals surface area contributed by atoms with Crippen LogP contribution < -0.4 is 0 Å². The van der Waals surface area contributed by atoms with E-state index in [1.165, 1.54) is 4.88 Å². The van der Waals surface area contributed by atoms with Crippen LogP contribution in [0.25, 0.3) is 0 Å².